The van der Waals surface area contributed by atoms with E-state index in [1.807, 2.05) is 4.90 Å². The monoisotopic (exact) mass is 375 g/mol. The first-order valence-electron chi connectivity index (χ1n) is 7.49. The highest BCUT2D eigenvalue weighted by Crippen LogP contribution is 2.37. The van der Waals surface area contributed by atoms with Gasteiger partial charge in [-0.25, -0.2) is 4.39 Å². The van der Waals surface area contributed by atoms with E-state index >= 15 is 0 Å². The average Bonchev–Trinajstić information content (AvgIpc) is 2.58. The number of carbonyl (C=O) groups is 1. The molecule has 3 rings (SSSR count). The van der Waals surface area contributed by atoms with Crippen molar-refractivity contribution in [3.63, 3.8) is 0 Å². The lowest BCUT2D eigenvalue weighted by Crippen LogP contribution is -2.55. The zero-order valence-corrected chi connectivity index (χ0v) is 14.8. The molecular formula is C19H14Cl2FN2O. The molecule has 2 aromatic carbocycles. The van der Waals surface area contributed by atoms with E-state index in [0.29, 0.717) is 21.3 Å². The number of benzene rings is 2. The number of allylic oxidation sites excluding steroid dienone is 2. The number of amides is 1. The lowest BCUT2D eigenvalue weighted by Gasteiger charge is -2.43. The molecule has 1 N–H and O–H groups in total. The topological polar surface area (TPSA) is 32.3 Å². The van der Waals surface area contributed by atoms with Crippen molar-refractivity contribution in [3.05, 3.63) is 88.3 Å². The number of carbonyl (C=O) groups excluding carboxylic acids is 1. The van der Waals surface area contributed by atoms with E-state index in [9.17, 15) is 9.18 Å². The molecule has 0 aliphatic carbocycles. The Hall–Kier alpha value is -2.30. The van der Waals surface area contributed by atoms with Crippen molar-refractivity contribution in [3.8, 4) is 0 Å². The highest BCUT2D eigenvalue weighted by Gasteiger charge is 2.38. The molecule has 0 fully saturated rings. The van der Waals surface area contributed by atoms with Crippen molar-refractivity contribution in [1.82, 2.24) is 5.32 Å². The van der Waals surface area contributed by atoms with Gasteiger partial charge in [0, 0.05) is 24.4 Å². The quantitative estimate of drug-likeness (QED) is 0.834. The van der Waals surface area contributed by atoms with Crippen molar-refractivity contribution in [1.29, 1.82) is 0 Å². The smallest absolute Gasteiger partial charge is 0.219 e. The molecule has 0 saturated heterocycles. The van der Waals surface area contributed by atoms with Crippen LogP contribution in [0.15, 0.2) is 60.8 Å². The molecule has 1 unspecified atom stereocenters. The van der Waals surface area contributed by atoms with Crippen LogP contribution in [-0.2, 0) is 10.5 Å². The van der Waals surface area contributed by atoms with Gasteiger partial charge in [0.25, 0.3) is 0 Å². The molecule has 1 atom stereocenters. The Bertz CT molecular complexity index is 864. The molecule has 0 spiro atoms. The fourth-order valence-corrected chi connectivity index (χ4v) is 3.05. The highest BCUT2D eigenvalue weighted by molar-refractivity contribution is 6.42. The predicted octanol–water partition coefficient (Wildman–Crippen LogP) is 4.81. The summed E-state index contributed by atoms with van der Waals surface area (Å²) >= 11 is 12.2. The van der Waals surface area contributed by atoms with Crippen LogP contribution in [0.25, 0.3) is 0 Å². The summed E-state index contributed by atoms with van der Waals surface area (Å²) in [5, 5.41) is 3.75. The van der Waals surface area contributed by atoms with E-state index in [4.69, 9.17) is 23.2 Å². The summed E-state index contributed by atoms with van der Waals surface area (Å²) in [4.78, 5) is 13.7. The molecule has 1 aliphatic rings. The fraction of sp³-hybridized carbons (Fsp3) is 0.105. The standard InChI is InChI=1S/C19H14Cl2FN2O/c1-13(25)23-19(14-4-6-15(22)7-5-14)10-2-3-11-24(19)16-8-9-17(20)18(21)12-16/h3-12H,1H3,(H,23,25). The largest absolute Gasteiger partial charge is 0.326 e. The number of hydrogen-bond donors (Lipinski definition) is 1. The third kappa shape index (κ3) is 3.41. The van der Waals surface area contributed by atoms with Crippen molar-refractivity contribution in [2.24, 2.45) is 0 Å². The number of rotatable bonds is 3. The zero-order valence-electron chi connectivity index (χ0n) is 13.3. The molecule has 0 bridgehead atoms. The number of hydrogen-bond acceptors (Lipinski definition) is 2. The lowest BCUT2D eigenvalue weighted by atomic mass is 9.94. The molecule has 1 amide bonds. The normalized spacial score (nSPS) is 19.1. The van der Waals surface area contributed by atoms with Crippen LogP contribution in [0.1, 0.15) is 12.5 Å². The second kappa shape index (κ2) is 6.90. The molecule has 3 nitrogen and oxygen atoms in total. The number of anilines is 1. The first kappa shape index (κ1) is 17.5. The van der Waals surface area contributed by atoms with Crippen LogP contribution in [0.3, 0.4) is 0 Å². The van der Waals surface area contributed by atoms with Crippen molar-refractivity contribution >= 4 is 34.8 Å². The first-order chi connectivity index (χ1) is 11.9. The van der Waals surface area contributed by atoms with Gasteiger partial charge in [-0.05, 0) is 48.6 Å². The third-order valence-corrected chi connectivity index (χ3v) is 4.56. The van der Waals surface area contributed by atoms with Crippen LogP contribution in [0.4, 0.5) is 10.1 Å². The Morgan fingerprint density at radius 2 is 1.88 bits per heavy atom. The fourth-order valence-electron chi connectivity index (χ4n) is 2.76. The maximum Gasteiger partial charge on any atom is 0.219 e. The van der Waals surface area contributed by atoms with E-state index in [0.717, 1.165) is 0 Å². The summed E-state index contributed by atoms with van der Waals surface area (Å²) < 4.78 is 13.4. The Morgan fingerprint density at radius 3 is 2.52 bits per heavy atom. The van der Waals surface area contributed by atoms with Gasteiger partial charge in [0.1, 0.15) is 5.82 Å². The predicted molar refractivity (Wildman–Crippen MR) is 97.8 cm³/mol. The SMILES string of the molecule is CC(=O)NC1(c2ccc(F)cc2)C=[C]C=CN1c1ccc(Cl)c(Cl)c1. The molecule has 1 aliphatic heterocycles. The van der Waals surface area contributed by atoms with Gasteiger partial charge in [-0.15, -0.1) is 0 Å². The minimum absolute atomic E-state index is 0.247. The first-order valence-corrected chi connectivity index (χ1v) is 8.24. The van der Waals surface area contributed by atoms with Crippen LogP contribution in [0, 0.1) is 11.9 Å². The average molecular weight is 376 g/mol. The summed E-state index contributed by atoms with van der Waals surface area (Å²) in [6.07, 6.45) is 8.19. The van der Waals surface area contributed by atoms with E-state index in [2.05, 4.69) is 11.4 Å². The Morgan fingerprint density at radius 1 is 1.16 bits per heavy atom. The van der Waals surface area contributed by atoms with Crippen LogP contribution < -0.4 is 10.2 Å². The van der Waals surface area contributed by atoms with Crippen LogP contribution in [0.2, 0.25) is 10.0 Å². The molecular weight excluding hydrogens is 362 g/mol. The minimum atomic E-state index is -1.06. The summed E-state index contributed by atoms with van der Waals surface area (Å²) in [5.74, 6) is -0.607. The third-order valence-electron chi connectivity index (χ3n) is 3.82. The van der Waals surface area contributed by atoms with Crippen molar-refractivity contribution < 1.29 is 9.18 Å². The molecule has 0 saturated carbocycles. The zero-order chi connectivity index (χ0) is 18.0. The van der Waals surface area contributed by atoms with E-state index < -0.39 is 5.66 Å². The van der Waals surface area contributed by atoms with Gasteiger partial charge in [0.05, 0.1) is 10.0 Å². The molecule has 127 valence electrons. The second-order valence-electron chi connectivity index (χ2n) is 5.55. The van der Waals surface area contributed by atoms with Gasteiger partial charge in [0.15, 0.2) is 5.66 Å². The molecule has 1 radical (unpaired) electrons. The lowest BCUT2D eigenvalue weighted by molar-refractivity contribution is -0.120. The van der Waals surface area contributed by atoms with Gasteiger partial charge in [0.2, 0.25) is 5.91 Å². The minimum Gasteiger partial charge on any atom is -0.326 e. The Kier molecular flexibility index (Phi) is 4.84. The van der Waals surface area contributed by atoms with Crippen LogP contribution >= 0.6 is 23.2 Å². The number of nitrogens with one attached hydrogen (secondary N) is 1. The van der Waals surface area contributed by atoms with Crippen LogP contribution in [0.5, 0.6) is 0 Å². The van der Waals surface area contributed by atoms with Gasteiger partial charge in [-0.2, -0.15) is 0 Å². The van der Waals surface area contributed by atoms with Gasteiger partial charge in [-0.1, -0.05) is 35.3 Å². The van der Waals surface area contributed by atoms with Gasteiger partial charge < -0.3 is 10.2 Å². The van der Waals surface area contributed by atoms with E-state index in [1.54, 1.807) is 48.7 Å². The van der Waals surface area contributed by atoms with E-state index in [-0.39, 0.29) is 11.7 Å². The molecule has 25 heavy (non-hydrogen) atoms. The molecule has 6 heteroatoms. The Labute approximate surface area is 155 Å². The summed E-state index contributed by atoms with van der Waals surface area (Å²) in [6, 6.07) is 11.1. The molecule has 0 aromatic heterocycles. The van der Waals surface area contributed by atoms with Gasteiger partial charge >= 0.3 is 0 Å². The molecule has 2 aromatic rings. The van der Waals surface area contributed by atoms with Crippen molar-refractivity contribution in [2.45, 2.75) is 12.6 Å². The summed E-state index contributed by atoms with van der Waals surface area (Å²) in [6.45, 7) is 1.42. The van der Waals surface area contributed by atoms with Crippen LogP contribution in [-0.4, -0.2) is 5.91 Å². The van der Waals surface area contributed by atoms with E-state index in [1.165, 1.54) is 19.1 Å². The second-order valence-corrected chi connectivity index (χ2v) is 6.36. The number of nitrogens with zero attached hydrogens (tertiary/aromatic N) is 1. The maximum atomic E-state index is 13.4. The molecule has 1 heterocycles. The highest BCUT2D eigenvalue weighted by atomic mass is 35.5. The summed E-state index contributed by atoms with van der Waals surface area (Å²) in [5.41, 5.74) is 0.319. The maximum absolute atomic E-state index is 13.4. The summed E-state index contributed by atoms with van der Waals surface area (Å²) in [7, 11) is 0. The van der Waals surface area contributed by atoms with Gasteiger partial charge in [-0.3, -0.25) is 4.79 Å². The number of halogens is 3. The Balaban J connectivity index is 2.17. The van der Waals surface area contributed by atoms with Crippen molar-refractivity contribution in [2.75, 3.05) is 4.90 Å².